The van der Waals surface area contributed by atoms with Crippen LogP contribution in [0.5, 0.6) is 0 Å². The maximum absolute atomic E-state index is 12.9. The molecular formula is C16H22FN3O. The highest BCUT2D eigenvalue weighted by Crippen LogP contribution is 2.12. The lowest BCUT2D eigenvalue weighted by atomic mass is 10.1. The molecule has 1 unspecified atom stereocenters. The maximum Gasteiger partial charge on any atom is 0.203 e. The van der Waals surface area contributed by atoms with Crippen LogP contribution in [0.1, 0.15) is 18.2 Å². The van der Waals surface area contributed by atoms with Crippen molar-refractivity contribution in [2.45, 2.75) is 32.9 Å². The van der Waals surface area contributed by atoms with Gasteiger partial charge in [-0.25, -0.2) is 9.37 Å². The van der Waals surface area contributed by atoms with E-state index in [4.69, 9.17) is 4.74 Å². The van der Waals surface area contributed by atoms with E-state index in [1.165, 1.54) is 12.1 Å². The lowest BCUT2D eigenvalue weighted by molar-refractivity contribution is 0.187. The van der Waals surface area contributed by atoms with Gasteiger partial charge >= 0.3 is 0 Å². The van der Waals surface area contributed by atoms with E-state index in [1.807, 2.05) is 25.3 Å². The van der Waals surface area contributed by atoms with Crippen LogP contribution >= 0.6 is 0 Å². The molecule has 2 aromatic rings. The molecule has 0 saturated heterocycles. The lowest BCUT2D eigenvalue weighted by Crippen LogP contribution is -2.21. The van der Waals surface area contributed by atoms with Crippen molar-refractivity contribution in [3.05, 3.63) is 47.5 Å². The molecule has 1 aromatic carbocycles. The summed E-state index contributed by atoms with van der Waals surface area (Å²) in [5, 5.41) is 3.41. The topological polar surface area (TPSA) is 39.1 Å². The number of nitrogens with zero attached hydrogens (tertiary/aromatic N) is 2. The number of hydrogen-bond donors (Lipinski definition) is 1. The molecule has 2 rings (SSSR count). The summed E-state index contributed by atoms with van der Waals surface area (Å²) in [7, 11) is 1.69. The Morgan fingerprint density at radius 1 is 1.33 bits per heavy atom. The van der Waals surface area contributed by atoms with Gasteiger partial charge < -0.3 is 14.6 Å². The molecule has 1 atom stereocenters. The van der Waals surface area contributed by atoms with Gasteiger partial charge in [0.05, 0.1) is 12.3 Å². The van der Waals surface area contributed by atoms with E-state index in [9.17, 15) is 4.39 Å². The lowest BCUT2D eigenvalue weighted by Gasteiger charge is -2.16. The summed E-state index contributed by atoms with van der Waals surface area (Å²) in [5.41, 5.74) is 2.07. The molecule has 0 spiro atoms. The van der Waals surface area contributed by atoms with E-state index in [0.717, 1.165) is 30.2 Å². The van der Waals surface area contributed by atoms with E-state index in [1.54, 1.807) is 7.11 Å². The largest absolute Gasteiger partial charge is 0.383 e. The first kappa shape index (κ1) is 15.5. The smallest absolute Gasteiger partial charge is 0.203 e. The van der Waals surface area contributed by atoms with Crippen molar-refractivity contribution < 1.29 is 9.13 Å². The predicted octanol–water partition coefficient (Wildman–Crippen LogP) is 3.02. The van der Waals surface area contributed by atoms with Crippen molar-refractivity contribution in [3.8, 4) is 0 Å². The third-order valence-corrected chi connectivity index (χ3v) is 3.26. The molecule has 0 aliphatic carbocycles. The quantitative estimate of drug-likeness (QED) is 0.852. The number of ether oxygens (including phenoxy) is 1. The van der Waals surface area contributed by atoms with Gasteiger partial charge in [0.2, 0.25) is 5.95 Å². The number of anilines is 1. The summed E-state index contributed by atoms with van der Waals surface area (Å²) >= 11 is 0. The Morgan fingerprint density at radius 2 is 2.05 bits per heavy atom. The number of methoxy groups -OCH3 is 1. The van der Waals surface area contributed by atoms with E-state index < -0.39 is 0 Å². The molecule has 0 fully saturated rings. The normalized spacial score (nSPS) is 12.4. The Hall–Kier alpha value is -1.88. The number of aryl methyl sites for hydroxylation is 1. The van der Waals surface area contributed by atoms with Crippen LogP contribution in [0.3, 0.4) is 0 Å². The minimum Gasteiger partial charge on any atom is -0.383 e. The first-order valence-corrected chi connectivity index (χ1v) is 7.12. The fourth-order valence-electron chi connectivity index (χ4n) is 2.27. The number of halogens is 1. The van der Waals surface area contributed by atoms with E-state index in [2.05, 4.69) is 21.8 Å². The molecule has 4 nitrogen and oxygen atoms in total. The molecule has 0 aliphatic rings. The number of nitrogens with one attached hydrogen (secondary N) is 1. The first-order valence-electron chi connectivity index (χ1n) is 7.12. The third kappa shape index (κ3) is 4.56. The summed E-state index contributed by atoms with van der Waals surface area (Å²) in [6.45, 7) is 5.48. The molecule has 0 bridgehead atoms. The Bertz CT molecular complexity index is 565. The van der Waals surface area contributed by atoms with Crippen molar-refractivity contribution in [3.63, 3.8) is 0 Å². The monoisotopic (exact) mass is 291 g/mol. The molecular weight excluding hydrogens is 269 g/mol. The Morgan fingerprint density at radius 3 is 2.71 bits per heavy atom. The summed E-state index contributed by atoms with van der Waals surface area (Å²) in [5.74, 6) is 0.643. The number of benzene rings is 1. The van der Waals surface area contributed by atoms with Crippen LogP contribution in [0.15, 0.2) is 30.5 Å². The molecule has 1 aromatic heterocycles. The van der Waals surface area contributed by atoms with Gasteiger partial charge in [-0.15, -0.1) is 0 Å². The van der Waals surface area contributed by atoms with E-state index in [0.29, 0.717) is 6.61 Å². The number of aromatic nitrogens is 2. The minimum absolute atomic E-state index is 0.204. The van der Waals surface area contributed by atoms with Gasteiger partial charge in [-0.05, 0) is 38.0 Å². The van der Waals surface area contributed by atoms with Crippen LogP contribution in [0.2, 0.25) is 0 Å². The highest BCUT2D eigenvalue weighted by molar-refractivity contribution is 5.31. The summed E-state index contributed by atoms with van der Waals surface area (Å²) in [4.78, 5) is 4.50. The second-order valence-electron chi connectivity index (χ2n) is 5.27. The molecule has 114 valence electrons. The van der Waals surface area contributed by atoms with Crippen LogP contribution in [0.25, 0.3) is 0 Å². The second kappa shape index (κ2) is 7.22. The fraction of sp³-hybridized carbons (Fsp3) is 0.438. The number of imidazole rings is 1. The first-order chi connectivity index (χ1) is 10.1. The highest BCUT2D eigenvalue weighted by Gasteiger charge is 2.10. The molecule has 1 N–H and O–H groups in total. The van der Waals surface area contributed by atoms with Crippen molar-refractivity contribution >= 4 is 5.95 Å². The van der Waals surface area contributed by atoms with E-state index >= 15 is 0 Å². The van der Waals surface area contributed by atoms with Crippen LogP contribution in [0, 0.1) is 12.7 Å². The van der Waals surface area contributed by atoms with Gasteiger partial charge in [-0.1, -0.05) is 12.1 Å². The predicted molar refractivity (Wildman–Crippen MR) is 82.0 cm³/mol. The van der Waals surface area contributed by atoms with Gasteiger partial charge in [0.1, 0.15) is 5.82 Å². The second-order valence-corrected chi connectivity index (χ2v) is 5.27. The summed E-state index contributed by atoms with van der Waals surface area (Å²) in [6, 6.07) is 6.82. The minimum atomic E-state index is -0.204. The van der Waals surface area contributed by atoms with Crippen LogP contribution in [-0.4, -0.2) is 29.3 Å². The zero-order valence-electron chi connectivity index (χ0n) is 12.8. The SMILES string of the molecule is COCCn1cc(C)nc1NC(C)Cc1ccc(F)cc1. The van der Waals surface area contributed by atoms with Crippen molar-refractivity contribution in [2.75, 3.05) is 19.0 Å². The van der Waals surface area contributed by atoms with Gasteiger partial charge in [-0.2, -0.15) is 0 Å². The molecule has 0 saturated carbocycles. The van der Waals surface area contributed by atoms with Crippen LogP contribution < -0.4 is 5.32 Å². The van der Waals surface area contributed by atoms with E-state index in [-0.39, 0.29) is 11.9 Å². The Labute approximate surface area is 125 Å². The average Bonchev–Trinajstić information content (AvgIpc) is 2.79. The van der Waals surface area contributed by atoms with Crippen molar-refractivity contribution in [2.24, 2.45) is 0 Å². The van der Waals surface area contributed by atoms with Crippen molar-refractivity contribution in [1.29, 1.82) is 0 Å². The van der Waals surface area contributed by atoms with Crippen LogP contribution in [-0.2, 0) is 17.7 Å². The maximum atomic E-state index is 12.9. The fourth-order valence-corrected chi connectivity index (χ4v) is 2.27. The molecule has 0 aliphatic heterocycles. The zero-order valence-corrected chi connectivity index (χ0v) is 12.8. The Kier molecular flexibility index (Phi) is 5.33. The summed E-state index contributed by atoms with van der Waals surface area (Å²) in [6.07, 6.45) is 2.82. The molecule has 5 heteroatoms. The Balaban J connectivity index is 1.98. The van der Waals surface area contributed by atoms with Crippen LogP contribution in [0.4, 0.5) is 10.3 Å². The molecule has 0 amide bonds. The van der Waals surface area contributed by atoms with Gasteiger partial charge in [0.15, 0.2) is 0 Å². The number of hydrogen-bond acceptors (Lipinski definition) is 3. The highest BCUT2D eigenvalue weighted by atomic mass is 19.1. The molecule has 0 radical (unpaired) electrons. The zero-order chi connectivity index (χ0) is 15.2. The third-order valence-electron chi connectivity index (χ3n) is 3.26. The number of rotatable bonds is 7. The summed E-state index contributed by atoms with van der Waals surface area (Å²) < 4.78 is 20.1. The van der Waals surface area contributed by atoms with Gasteiger partial charge in [-0.3, -0.25) is 0 Å². The standard InChI is InChI=1S/C16H22FN3O/c1-12(10-14-4-6-15(17)7-5-14)18-16-19-13(2)11-20(16)8-9-21-3/h4-7,11-12H,8-10H2,1-3H3,(H,18,19). The molecule has 21 heavy (non-hydrogen) atoms. The average molecular weight is 291 g/mol. The van der Waals surface area contributed by atoms with Crippen molar-refractivity contribution in [1.82, 2.24) is 9.55 Å². The molecule has 1 heterocycles. The van der Waals surface area contributed by atoms with Gasteiger partial charge in [0.25, 0.3) is 0 Å². The van der Waals surface area contributed by atoms with Gasteiger partial charge in [0, 0.05) is 25.9 Å².